The van der Waals surface area contributed by atoms with Crippen molar-refractivity contribution in [1.29, 1.82) is 0 Å². The highest BCUT2D eigenvalue weighted by Crippen LogP contribution is 2.40. The van der Waals surface area contributed by atoms with Crippen LogP contribution in [0.1, 0.15) is 25.6 Å². The monoisotopic (exact) mass is 585 g/mol. The lowest BCUT2D eigenvalue weighted by atomic mass is 10.0. The third-order valence-corrected chi connectivity index (χ3v) is 9.89. The molecule has 5 rings (SSSR count). The molecule has 0 saturated carbocycles. The highest BCUT2D eigenvalue weighted by Gasteiger charge is 2.28. The maximum atomic E-state index is 13.2. The van der Waals surface area contributed by atoms with E-state index in [0.717, 1.165) is 27.1 Å². The van der Waals surface area contributed by atoms with Crippen LogP contribution in [-0.2, 0) is 26.6 Å². The molecule has 2 aromatic carbocycles. The van der Waals surface area contributed by atoms with Crippen molar-refractivity contribution in [2.45, 2.75) is 32.4 Å². The first kappa shape index (κ1) is 26.9. The van der Waals surface area contributed by atoms with Gasteiger partial charge in [-0.1, -0.05) is 37.3 Å². The fourth-order valence-corrected chi connectivity index (χ4v) is 6.68. The maximum absolute atomic E-state index is 13.2. The zero-order valence-electron chi connectivity index (χ0n) is 21.7. The topological polar surface area (TPSA) is 150 Å². The molecule has 0 radical (unpaired) electrons. The quantitative estimate of drug-likeness (QED) is 0.244. The van der Waals surface area contributed by atoms with E-state index in [1.165, 1.54) is 24.8 Å². The van der Waals surface area contributed by atoms with Crippen molar-refractivity contribution in [2.24, 2.45) is 0 Å². The lowest BCUT2D eigenvalue weighted by Gasteiger charge is -2.12. The molecular weight excluding hydrogens is 559 g/mol. The molecule has 204 valence electrons. The Morgan fingerprint density at radius 1 is 1.03 bits per heavy atom. The van der Waals surface area contributed by atoms with Crippen LogP contribution >= 0.6 is 11.3 Å². The van der Waals surface area contributed by atoms with Gasteiger partial charge in [-0.05, 0) is 44.5 Å². The summed E-state index contributed by atoms with van der Waals surface area (Å²) in [5.41, 5.74) is 8.58. The number of nitrogens with one attached hydrogen (secondary N) is 1. The molecule has 0 aliphatic heterocycles. The minimum atomic E-state index is -3.99. The van der Waals surface area contributed by atoms with Gasteiger partial charge >= 0.3 is 10.1 Å². The summed E-state index contributed by atoms with van der Waals surface area (Å²) in [5.74, 6) is 0.176. The number of imidazole rings is 2. The van der Waals surface area contributed by atoms with Gasteiger partial charge in [-0.25, -0.2) is 22.4 Å². The Morgan fingerprint density at radius 3 is 2.36 bits per heavy atom. The number of anilines is 1. The number of aromatic amines is 1. The number of aromatic nitrogens is 4. The average Bonchev–Trinajstić information content (AvgIpc) is 3.60. The number of rotatable bonds is 8. The van der Waals surface area contributed by atoms with Crippen LogP contribution in [0, 0.1) is 0 Å². The third-order valence-electron chi connectivity index (χ3n) is 6.08. The minimum Gasteiger partial charge on any atom is -0.380 e. The van der Waals surface area contributed by atoms with Crippen LogP contribution in [0.3, 0.4) is 0 Å². The van der Waals surface area contributed by atoms with Crippen LogP contribution in [0.25, 0.3) is 44.2 Å². The van der Waals surface area contributed by atoms with Crippen molar-refractivity contribution in [3.8, 4) is 39.0 Å². The van der Waals surface area contributed by atoms with Gasteiger partial charge in [0.2, 0.25) is 16.0 Å². The summed E-state index contributed by atoms with van der Waals surface area (Å²) in [6.07, 6.45) is 1.79. The molecule has 0 atom stereocenters. The van der Waals surface area contributed by atoms with Crippen LogP contribution in [0.4, 0.5) is 5.95 Å². The molecule has 0 unspecified atom stereocenters. The molecular formula is C26H27N5O5S3. The molecule has 10 nitrogen and oxygen atoms in total. The Balaban J connectivity index is 1.83. The Labute approximate surface area is 230 Å². The van der Waals surface area contributed by atoms with Crippen LogP contribution in [0.5, 0.6) is 5.75 Å². The van der Waals surface area contributed by atoms with Crippen molar-refractivity contribution in [2.75, 3.05) is 12.0 Å². The first-order valence-corrected chi connectivity index (χ1v) is 16.2. The van der Waals surface area contributed by atoms with Gasteiger partial charge in [0.05, 0.1) is 33.3 Å². The second-order valence-corrected chi connectivity index (χ2v) is 14.3. The van der Waals surface area contributed by atoms with Crippen molar-refractivity contribution in [3.05, 3.63) is 59.5 Å². The molecule has 0 amide bonds. The van der Waals surface area contributed by atoms with Crippen molar-refractivity contribution in [3.63, 3.8) is 0 Å². The fourth-order valence-electron chi connectivity index (χ4n) is 4.19. The van der Waals surface area contributed by atoms with E-state index in [0.29, 0.717) is 22.8 Å². The summed E-state index contributed by atoms with van der Waals surface area (Å²) in [4.78, 5) is 14.6. The summed E-state index contributed by atoms with van der Waals surface area (Å²) in [6.45, 7) is 5.13. The molecule has 3 heterocycles. The number of hydrogen-bond acceptors (Lipinski definition) is 9. The third kappa shape index (κ3) is 5.04. The molecule has 5 aromatic rings. The van der Waals surface area contributed by atoms with Gasteiger partial charge in [-0.15, -0.1) is 11.3 Å². The molecule has 0 fully saturated rings. The van der Waals surface area contributed by atoms with Crippen LogP contribution in [-0.4, -0.2) is 47.3 Å². The van der Waals surface area contributed by atoms with E-state index in [1.54, 1.807) is 17.4 Å². The zero-order valence-corrected chi connectivity index (χ0v) is 24.1. The number of nitrogens with two attached hydrogens (primary N) is 1. The minimum absolute atomic E-state index is 0.00812. The summed E-state index contributed by atoms with van der Waals surface area (Å²) in [6, 6.07) is 16.6. The number of nitrogen functional groups attached to an aromatic ring is 1. The molecule has 3 N–H and O–H groups in total. The number of fused-ring (bicyclic) bond motifs is 1. The van der Waals surface area contributed by atoms with E-state index in [-0.39, 0.29) is 22.7 Å². The van der Waals surface area contributed by atoms with E-state index in [1.807, 2.05) is 42.5 Å². The van der Waals surface area contributed by atoms with E-state index in [2.05, 4.69) is 16.9 Å². The summed E-state index contributed by atoms with van der Waals surface area (Å²) in [7, 11) is -7.94. The molecule has 0 aliphatic rings. The van der Waals surface area contributed by atoms with E-state index in [4.69, 9.17) is 14.9 Å². The van der Waals surface area contributed by atoms with Crippen molar-refractivity contribution >= 4 is 48.5 Å². The summed E-state index contributed by atoms with van der Waals surface area (Å²) in [5, 5.41) is -0.816. The molecule has 0 saturated heterocycles. The van der Waals surface area contributed by atoms with Crippen molar-refractivity contribution < 1.29 is 21.0 Å². The number of benzene rings is 2. The summed E-state index contributed by atoms with van der Waals surface area (Å²) < 4.78 is 57.0. The highest BCUT2D eigenvalue weighted by molar-refractivity contribution is 7.90. The number of H-pyrrole nitrogens is 1. The van der Waals surface area contributed by atoms with Crippen LogP contribution in [0.2, 0.25) is 0 Å². The van der Waals surface area contributed by atoms with Gasteiger partial charge < -0.3 is 14.9 Å². The number of aryl methyl sites for hydroxylation is 1. The standard InChI is InChI=1S/C26H27N5O5S3/c1-5-18-11-12-21(37-18)25-28-22(16-9-7-6-8-10-16)23(29-25)17-13-19-24(20(14-17)36-38(4,32)33)30-26(27)31(19)39(34,35)15(2)3/h6-15H,5H2,1-4H3,(H2,27,30)(H,28,29). The van der Waals surface area contributed by atoms with Crippen LogP contribution < -0.4 is 9.92 Å². The van der Waals surface area contributed by atoms with E-state index in [9.17, 15) is 16.8 Å². The Bertz CT molecular complexity index is 1900. The molecule has 3 aromatic heterocycles. The largest absolute Gasteiger partial charge is 0.380 e. The number of thiophene rings is 1. The SMILES string of the molecule is CCc1ccc(-c2nc(-c3cc(OS(C)(=O)=O)c4nc(N)n(S(=O)(=O)C(C)C)c4c3)c(-c3ccccc3)[nH]2)s1. The molecule has 13 heteroatoms. The highest BCUT2D eigenvalue weighted by atomic mass is 32.2. The van der Waals surface area contributed by atoms with Crippen LogP contribution in [0.15, 0.2) is 54.6 Å². The van der Waals surface area contributed by atoms with Crippen molar-refractivity contribution in [1.82, 2.24) is 18.9 Å². The van der Waals surface area contributed by atoms with E-state index < -0.39 is 25.4 Å². The number of hydrogen-bond donors (Lipinski definition) is 2. The predicted octanol–water partition coefficient (Wildman–Crippen LogP) is 4.89. The van der Waals surface area contributed by atoms with Gasteiger partial charge in [0, 0.05) is 16.0 Å². The Hall–Kier alpha value is -3.68. The fraction of sp³-hybridized carbons (Fsp3) is 0.231. The molecule has 39 heavy (non-hydrogen) atoms. The second kappa shape index (κ2) is 9.81. The second-order valence-electron chi connectivity index (χ2n) is 9.25. The predicted molar refractivity (Wildman–Crippen MR) is 155 cm³/mol. The van der Waals surface area contributed by atoms with Gasteiger partial charge in [-0.3, -0.25) is 0 Å². The van der Waals surface area contributed by atoms with Gasteiger partial charge in [0.25, 0.3) is 0 Å². The molecule has 0 spiro atoms. The maximum Gasteiger partial charge on any atom is 0.306 e. The normalized spacial score (nSPS) is 12.4. The molecule has 0 aliphatic carbocycles. The Kier molecular flexibility index (Phi) is 6.77. The van der Waals surface area contributed by atoms with Gasteiger partial charge in [0.1, 0.15) is 11.3 Å². The summed E-state index contributed by atoms with van der Waals surface area (Å²) >= 11 is 1.62. The first-order valence-electron chi connectivity index (χ1n) is 12.1. The average molecular weight is 586 g/mol. The number of nitrogens with zero attached hydrogens (tertiary/aromatic N) is 3. The molecule has 0 bridgehead atoms. The van der Waals surface area contributed by atoms with Gasteiger partial charge in [-0.2, -0.15) is 8.42 Å². The first-order chi connectivity index (χ1) is 18.4. The smallest absolute Gasteiger partial charge is 0.306 e. The Morgan fingerprint density at radius 2 is 1.74 bits per heavy atom. The zero-order chi connectivity index (χ0) is 28.1. The van der Waals surface area contributed by atoms with Gasteiger partial charge in [0.15, 0.2) is 5.75 Å². The lowest BCUT2D eigenvalue weighted by molar-refractivity contribution is 0.495. The lowest BCUT2D eigenvalue weighted by Crippen LogP contribution is -2.23. The van der Waals surface area contributed by atoms with E-state index >= 15 is 0 Å².